The largest absolute Gasteiger partial charge is 0.545 e. The third kappa shape index (κ3) is 44.3. The fraction of sp³-hybridized carbons (Fsp3) is 0.642. The Morgan fingerprint density at radius 1 is 0.500 bits per heavy atom. The van der Waals surface area contributed by atoms with E-state index in [1.807, 2.05) is 27.2 Å². The molecule has 0 aliphatic heterocycles. The van der Waals surface area contributed by atoms with E-state index in [-0.39, 0.29) is 38.6 Å². The number of hydrogen-bond donors (Lipinski definition) is 0. The Balaban J connectivity index is 4.54. The maximum atomic E-state index is 12.8. The molecule has 0 radical (unpaired) electrons. The Labute approximate surface area is 378 Å². The lowest BCUT2D eigenvalue weighted by atomic mass is 10.1. The molecule has 0 spiro atoms. The highest BCUT2D eigenvalue weighted by molar-refractivity contribution is 5.70. The van der Waals surface area contributed by atoms with E-state index in [0.29, 0.717) is 30.3 Å². The number of allylic oxidation sites excluding steroid dienone is 16. The van der Waals surface area contributed by atoms with E-state index in [1.165, 1.54) is 38.5 Å². The number of aliphatic carboxylic acids is 1. The van der Waals surface area contributed by atoms with E-state index in [2.05, 4.69) is 105 Å². The van der Waals surface area contributed by atoms with Crippen molar-refractivity contribution in [1.82, 2.24) is 0 Å². The lowest BCUT2D eigenvalue weighted by Gasteiger charge is -2.26. The number of quaternary nitrogens is 1. The minimum absolute atomic E-state index is 0.130. The van der Waals surface area contributed by atoms with Crippen molar-refractivity contribution in [3.63, 3.8) is 0 Å². The van der Waals surface area contributed by atoms with Gasteiger partial charge in [0.2, 0.25) is 0 Å². The number of nitrogens with zero attached hydrogens (tertiary/aromatic N) is 1. The molecule has 9 heteroatoms. The first kappa shape index (κ1) is 58.2. The van der Waals surface area contributed by atoms with Crippen LogP contribution in [-0.2, 0) is 33.3 Å². The number of carboxylic acids is 1. The second kappa shape index (κ2) is 43.8. The summed E-state index contributed by atoms with van der Waals surface area (Å²) in [6.07, 6.45) is 54.5. The highest BCUT2D eigenvalue weighted by atomic mass is 16.7. The molecule has 0 N–H and O–H groups in total. The van der Waals surface area contributed by atoms with Gasteiger partial charge in [0.05, 0.1) is 40.3 Å². The van der Waals surface area contributed by atoms with Crippen molar-refractivity contribution in [3.8, 4) is 0 Å². The molecule has 0 aromatic carbocycles. The summed E-state index contributed by atoms with van der Waals surface area (Å²) in [6, 6.07) is 0. The first-order valence-corrected chi connectivity index (χ1v) is 23.9. The number of carboxylic acid groups (broad SMARTS) is 1. The summed E-state index contributed by atoms with van der Waals surface area (Å²) >= 11 is 0. The van der Waals surface area contributed by atoms with Crippen molar-refractivity contribution in [1.29, 1.82) is 0 Å². The summed E-state index contributed by atoms with van der Waals surface area (Å²) in [6.45, 7) is 4.51. The van der Waals surface area contributed by atoms with Crippen LogP contribution in [0.3, 0.4) is 0 Å². The lowest BCUT2D eigenvalue weighted by molar-refractivity contribution is -0.870. The van der Waals surface area contributed by atoms with Crippen LogP contribution in [0.4, 0.5) is 0 Å². The molecule has 0 aromatic rings. The Morgan fingerprint density at radius 2 is 0.935 bits per heavy atom. The van der Waals surface area contributed by atoms with Crippen LogP contribution in [0.2, 0.25) is 0 Å². The van der Waals surface area contributed by atoms with Gasteiger partial charge in [-0.2, -0.15) is 0 Å². The van der Waals surface area contributed by atoms with Crippen molar-refractivity contribution >= 4 is 17.9 Å². The Morgan fingerprint density at radius 3 is 1.44 bits per heavy atom. The van der Waals surface area contributed by atoms with Gasteiger partial charge in [-0.1, -0.05) is 156 Å². The van der Waals surface area contributed by atoms with E-state index in [0.717, 1.165) is 77.0 Å². The molecule has 0 bridgehead atoms. The predicted molar refractivity (Wildman–Crippen MR) is 255 cm³/mol. The molecule has 0 fully saturated rings. The molecule has 0 amide bonds. The third-order valence-electron chi connectivity index (χ3n) is 9.57. The number of unbranched alkanes of at least 4 members (excludes halogenated alkanes) is 11. The van der Waals surface area contributed by atoms with Crippen LogP contribution in [0, 0.1) is 0 Å². The smallest absolute Gasteiger partial charge is 0.306 e. The first-order chi connectivity index (χ1) is 30.1. The lowest BCUT2D eigenvalue weighted by Crippen LogP contribution is -2.44. The molecule has 352 valence electrons. The van der Waals surface area contributed by atoms with Gasteiger partial charge in [-0.05, 0) is 89.9 Å². The third-order valence-corrected chi connectivity index (χ3v) is 9.57. The Bertz CT molecular complexity index is 1330. The number of ether oxygens (including phenoxy) is 4. The van der Waals surface area contributed by atoms with E-state index < -0.39 is 24.3 Å². The Hall–Kier alpha value is -3.79. The fourth-order valence-corrected chi connectivity index (χ4v) is 5.87. The second-order valence-electron chi connectivity index (χ2n) is 16.7. The van der Waals surface area contributed by atoms with Crippen LogP contribution in [0.15, 0.2) is 97.2 Å². The van der Waals surface area contributed by atoms with Gasteiger partial charge in [-0.25, -0.2) is 0 Å². The standard InChI is InChI=1S/C53H87NO8/c1-6-8-10-12-14-16-18-20-22-23-24-25-26-27-28-29-30-32-34-36-38-40-42-44-51(56)62-49(48-61-53(52(57)58)59-46-45-54(3,4)5)47-60-50(55)43-41-39-37-35-33-31-21-19-17-15-13-11-9-7-2/h8,10,14,16,19-22,24-25,27-28,30,32,36,38,49,53H,6-7,9,11-13,15,17-18,23,26,29,31,33-35,37,39-48H2,1-5H3/b10-8-,16-14-,21-19-,22-20-,25-24-,28-27-,32-30-,38-36-. The number of likely N-dealkylation sites (N-methyl/N-ethyl adjacent to an activating group) is 1. The molecule has 0 aromatic heterocycles. The number of carbonyl (C=O) groups excluding carboxylic acids is 3. The molecule has 0 heterocycles. The zero-order valence-corrected chi connectivity index (χ0v) is 39.7. The molecule has 2 atom stereocenters. The first-order valence-electron chi connectivity index (χ1n) is 23.9. The van der Waals surface area contributed by atoms with Gasteiger partial charge in [0.15, 0.2) is 12.4 Å². The number of hydrogen-bond acceptors (Lipinski definition) is 8. The molecule has 0 saturated carbocycles. The van der Waals surface area contributed by atoms with Crippen LogP contribution in [0.25, 0.3) is 0 Å². The predicted octanol–water partition coefficient (Wildman–Crippen LogP) is 11.7. The summed E-state index contributed by atoms with van der Waals surface area (Å²) in [5.41, 5.74) is 0. The summed E-state index contributed by atoms with van der Waals surface area (Å²) in [5, 5.41) is 11.7. The number of carbonyl (C=O) groups is 3. The van der Waals surface area contributed by atoms with Crippen molar-refractivity contribution in [3.05, 3.63) is 97.2 Å². The molecular formula is C53H87NO8. The van der Waals surface area contributed by atoms with Crippen LogP contribution >= 0.6 is 0 Å². The van der Waals surface area contributed by atoms with Crippen molar-refractivity contribution < 1.29 is 42.9 Å². The van der Waals surface area contributed by atoms with Crippen LogP contribution in [0.5, 0.6) is 0 Å². The molecule has 62 heavy (non-hydrogen) atoms. The summed E-state index contributed by atoms with van der Waals surface area (Å²) in [4.78, 5) is 37.0. The van der Waals surface area contributed by atoms with Crippen molar-refractivity contribution in [2.75, 3.05) is 47.5 Å². The molecule has 0 aliphatic carbocycles. The summed E-state index contributed by atoms with van der Waals surface area (Å²) in [7, 11) is 5.88. The highest BCUT2D eigenvalue weighted by Gasteiger charge is 2.21. The van der Waals surface area contributed by atoms with Crippen molar-refractivity contribution in [2.24, 2.45) is 0 Å². The SMILES string of the molecule is CC/C=C\C/C=C\C/C=C\C/C=C\C/C=C\C/C=C\C/C=C\CCCC(=O)OC(COC(=O)CCCCCCC/C=C\CCCCCCC)COC(OCC[N+](C)(C)C)C(=O)[O-]. The van der Waals surface area contributed by atoms with Gasteiger partial charge in [-0.15, -0.1) is 0 Å². The van der Waals surface area contributed by atoms with Gasteiger partial charge in [0.25, 0.3) is 0 Å². The van der Waals surface area contributed by atoms with E-state index in [9.17, 15) is 19.5 Å². The second-order valence-corrected chi connectivity index (χ2v) is 16.7. The van der Waals surface area contributed by atoms with Crippen molar-refractivity contribution in [2.45, 2.75) is 174 Å². The number of rotatable bonds is 42. The zero-order chi connectivity index (χ0) is 45.6. The fourth-order valence-electron chi connectivity index (χ4n) is 5.87. The zero-order valence-electron chi connectivity index (χ0n) is 39.7. The van der Waals surface area contributed by atoms with Gasteiger partial charge >= 0.3 is 11.9 Å². The summed E-state index contributed by atoms with van der Waals surface area (Å²) in [5.74, 6) is -2.39. The number of esters is 2. The van der Waals surface area contributed by atoms with E-state index in [4.69, 9.17) is 18.9 Å². The maximum absolute atomic E-state index is 12.8. The average molecular weight is 866 g/mol. The normalized spacial score (nSPS) is 13.8. The maximum Gasteiger partial charge on any atom is 0.306 e. The molecule has 2 unspecified atom stereocenters. The van der Waals surface area contributed by atoms with E-state index >= 15 is 0 Å². The van der Waals surface area contributed by atoms with Crippen LogP contribution < -0.4 is 5.11 Å². The minimum atomic E-state index is -1.64. The molecule has 0 rings (SSSR count). The minimum Gasteiger partial charge on any atom is -0.545 e. The van der Waals surface area contributed by atoms with Gasteiger partial charge < -0.3 is 33.3 Å². The highest BCUT2D eigenvalue weighted by Crippen LogP contribution is 2.11. The van der Waals surface area contributed by atoms with Crippen LogP contribution in [-0.4, -0.2) is 82.3 Å². The molecule has 0 aliphatic rings. The molecule has 9 nitrogen and oxygen atoms in total. The Kier molecular flexibility index (Phi) is 41.2. The van der Waals surface area contributed by atoms with Gasteiger partial charge in [0, 0.05) is 12.8 Å². The quantitative estimate of drug-likeness (QED) is 0.0196. The molecule has 0 saturated heterocycles. The monoisotopic (exact) mass is 866 g/mol. The van der Waals surface area contributed by atoms with Gasteiger partial charge in [-0.3, -0.25) is 9.59 Å². The summed E-state index contributed by atoms with van der Waals surface area (Å²) < 4.78 is 22.5. The average Bonchev–Trinajstić information content (AvgIpc) is 3.23. The molecular weight excluding hydrogens is 779 g/mol. The van der Waals surface area contributed by atoms with E-state index in [1.54, 1.807) is 0 Å². The topological polar surface area (TPSA) is 111 Å². The van der Waals surface area contributed by atoms with Crippen LogP contribution in [0.1, 0.15) is 162 Å². The van der Waals surface area contributed by atoms with Gasteiger partial charge in [0.1, 0.15) is 13.2 Å².